The molecule has 0 radical (unpaired) electrons. The van der Waals surface area contributed by atoms with E-state index in [0.717, 1.165) is 0 Å². The monoisotopic (exact) mass is 359 g/mol. The Morgan fingerprint density at radius 1 is 1.42 bits per heavy atom. The summed E-state index contributed by atoms with van der Waals surface area (Å²) in [4.78, 5) is 12.8. The van der Waals surface area contributed by atoms with E-state index >= 15 is 0 Å². The molecule has 1 amide bonds. The molecule has 0 bridgehead atoms. The smallest absolute Gasteiger partial charge is 0.407 e. The van der Waals surface area contributed by atoms with Crippen LogP contribution in [0.3, 0.4) is 0 Å². The first-order chi connectivity index (χ1) is 11.1. The molecule has 1 aliphatic rings. The van der Waals surface area contributed by atoms with Crippen LogP contribution in [0.15, 0.2) is 18.2 Å². The lowest BCUT2D eigenvalue weighted by atomic mass is 9.88. The van der Waals surface area contributed by atoms with Crippen molar-refractivity contribution >= 4 is 17.7 Å². The normalized spacial score (nSPS) is 25.4. The second kappa shape index (κ2) is 7.25. The zero-order valence-corrected chi connectivity index (χ0v) is 14.8. The Morgan fingerprint density at radius 3 is 2.58 bits per heavy atom. The quantitative estimate of drug-likeness (QED) is 0.847. The number of carbonyl (C=O) groups is 1. The van der Waals surface area contributed by atoms with Gasteiger partial charge in [0.25, 0.3) is 0 Å². The molecule has 2 rings (SSSR count). The Bertz CT molecular complexity index is 605. The van der Waals surface area contributed by atoms with Gasteiger partial charge in [-0.15, -0.1) is 0 Å². The van der Waals surface area contributed by atoms with Crippen molar-refractivity contribution in [3.8, 4) is 0 Å². The molecule has 0 saturated carbocycles. The van der Waals surface area contributed by atoms with Crippen LogP contribution in [0.2, 0.25) is 5.02 Å². The Balaban J connectivity index is 2.42. The highest BCUT2D eigenvalue weighted by atomic mass is 35.5. The minimum atomic E-state index is -1.05. The Kier molecular flexibility index (Phi) is 5.73. The van der Waals surface area contributed by atoms with Gasteiger partial charge in [0.15, 0.2) is 0 Å². The number of halogens is 2. The van der Waals surface area contributed by atoms with Crippen LogP contribution in [0, 0.1) is 17.2 Å². The minimum Gasteiger partial charge on any atom is -0.465 e. The van der Waals surface area contributed by atoms with E-state index in [9.17, 15) is 19.4 Å². The van der Waals surface area contributed by atoms with Crippen molar-refractivity contribution < 1.29 is 24.1 Å². The highest BCUT2D eigenvalue weighted by Crippen LogP contribution is 2.37. The summed E-state index contributed by atoms with van der Waals surface area (Å²) in [6, 6.07) is 4.28. The number of aliphatic hydroxyl groups is 1. The number of rotatable bonds is 2. The number of amides is 1. The van der Waals surface area contributed by atoms with Crippen molar-refractivity contribution in [1.29, 1.82) is 0 Å². The number of carboxylic acid groups (broad SMARTS) is 1. The summed E-state index contributed by atoms with van der Waals surface area (Å²) in [6.07, 6.45) is -2.00. The summed E-state index contributed by atoms with van der Waals surface area (Å²) in [7, 11) is 0. The molecular weight excluding hydrogens is 337 g/mol. The van der Waals surface area contributed by atoms with Crippen molar-refractivity contribution in [1.82, 2.24) is 4.90 Å². The van der Waals surface area contributed by atoms with E-state index < -0.39 is 23.9 Å². The largest absolute Gasteiger partial charge is 0.465 e. The summed E-state index contributed by atoms with van der Waals surface area (Å²) >= 11 is 5.87. The van der Waals surface area contributed by atoms with Gasteiger partial charge in [-0.2, -0.15) is 0 Å². The molecule has 1 aromatic rings. The first-order valence-electron chi connectivity index (χ1n) is 7.82. The highest BCUT2D eigenvalue weighted by Gasteiger charge is 2.39. The van der Waals surface area contributed by atoms with Gasteiger partial charge in [0.2, 0.25) is 0 Å². The van der Waals surface area contributed by atoms with Gasteiger partial charge in [-0.05, 0) is 23.1 Å². The lowest BCUT2D eigenvalue weighted by molar-refractivity contribution is -0.0827. The molecule has 134 valence electrons. The van der Waals surface area contributed by atoms with Crippen molar-refractivity contribution in [2.24, 2.45) is 11.3 Å². The van der Waals surface area contributed by atoms with Crippen LogP contribution >= 0.6 is 11.6 Å². The summed E-state index contributed by atoms with van der Waals surface area (Å²) < 4.78 is 19.6. The van der Waals surface area contributed by atoms with Gasteiger partial charge in [0, 0.05) is 12.5 Å². The van der Waals surface area contributed by atoms with E-state index in [1.54, 1.807) is 6.07 Å². The van der Waals surface area contributed by atoms with Crippen molar-refractivity contribution in [2.45, 2.75) is 33.0 Å². The molecule has 0 spiro atoms. The van der Waals surface area contributed by atoms with Gasteiger partial charge < -0.3 is 19.8 Å². The Hall–Kier alpha value is -1.37. The number of benzene rings is 1. The molecule has 1 unspecified atom stereocenters. The van der Waals surface area contributed by atoms with E-state index in [-0.39, 0.29) is 36.2 Å². The molecule has 1 aromatic carbocycles. The van der Waals surface area contributed by atoms with Crippen LogP contribution in [0.25, 0.3) is 0 Å². The number of nitrogens with zero attached hydrogens (tertiary/aromatic N) is 1. The third-order valence-electron chi connectivity index (χ3n) is 4.32. The summed E-state index contributed by atoms with van der Waals surface area (Å²) in [5.41, 5.74) is 0.321. The second-order valence-corrected chi connectivity index (χ2v) is 7.62. The van der Waals surface area contributed by atoms with Crippen LogP contribution < -0.4 is 0 Å². The molecule has 5 nitrogen and oxygen atoms in total. The fraction of sp³-hybridized carbons (Fsp3) is 0.588. The fourth-order valence-corrected chi connectivity index (χ4v) is 3.00. The van der Waals surface area contributed by atoms with Crippen LogP contribution in [0.4, 0.5) is 9.18 Å². The number of ether oxygens (including phenoxy) is 1. The molecule has 2 N–H and O–H groups in total. The van der Waals surface area contributed by atoms with Crippen LogP contribution in [-0.2, 0) is 4.74 Å². The molecule has 1 fully saturated rings. The number of hydrogen-bond acceptors (Lipinski definition) is 3. The Labute approximate surface area is 146 Å². The van der Waals surface area contributed by atoms with Crippen LogP contribution in [-0.4, -0.2) is 47.0 Å². The third kappa shape index (κ3) is 4.18. The van der Waals surface area contributed by atoms with Gasteiger partial charge in [0.1, 0.15) is 5.82 Å². The highest BCUT2D eigenvalue weighted by molar-refractivity contribution is 6.30. The van der Waals surface area contributed by atoms with Crippen molar-refractivity contribution in [3.05, 3.63) is 34.6 Å². The zero-order valence-electron chi connectivity index (χ0n) is 14.0. The summed E-state index contributed by atoms with van der Waals surface area (Å²) in [5, 5.41) is 19.1. The lowest BCUT2D eigenvalue weighted by Crippen LogP contribution is -2.42. The maximum absolute atomic E-state index is 13.5. The molecule has 1 saturated heterocycles. The predicted octanol–water partition coefficient (Wildman–Crippen LogP) is 3.55. The average Bonchev–Trinajstić information content (AvgIpc) is 2.69. The number of hydrogen-bond donors (Lipinski definition) is 2. The van der Waals surface area contributed by atoms with Gasteiger partial charge in [0.05, 0.1) is 30.4 Å². The van der Waals surface area contributed by atoms with Crippen molar-refractivity contribution in [2.75, 3.05) is 19.7 Å². The van der Waals surface area contributed by atoms with Crippen LogP contribution in [0.5, 0.6) is 0 Å². The molecule has 3 atom stereocenters. The van der Waals surface area contributed by atoms with Crippen LogP contribution in [0.1, 0.15) is 32.4 Å². The van der Waals surface area contributed by atoms with E-state index in [1.807, 2.05) is 20.8 Å². The first kappa shape index (κ1) is 19.0. The molecule has 24 heavy (non-hydrogen) atoms. The van der Waals surface area contributed by atoms with E-state index in [1.165, 1.54) is 17.0 Å². The topological polar surface area (TPSA) is 70.0 Å². The van der Waals surface area contributed by atoms with Gasteiger partial charge in [-0.25, -0.2) is 9.18 Å². The Morgan fingerprint density at radius 2 is 2.08 bits per heavy atom. The van der Waals surface area contributed by atoms with Crippen molar-refractivity contribution in [3.63, 3.8) is 0 Å². The molecular formula is C17H23ClFNO4. The lowest BCUT2D eigenvalue weighted by Gasteiger charge is -2.34. The summed E-state index contributed by atoms with van der Waals surface area (Å²) in [5.74, 6) is -0.996. The molecule has 7 heteroatoms. The predicted molar refractivity (Wildman–Crippen MR) is 88.7 cm³/mol. The van der Waals surface area contributed by atoms with E-state index in [2.05, 4.69) is 0 Å². The minimum absolute atomic E-state index is 0.0283. The fourth-order valence-electron chi connectivity index (χ4n) is 2.81. The molecule has 1 heterocycles. The van der Waals surface area contributed by atoms with E-state index in [4.69, 9.17) is 16.3 Å². The maximum atomic E-state index is 13.5. The SMILES string of the molecule is CC(C)(C)C1CN(C(=O)O)C[C@@H](CO)[C@H](c2ccc(F)c(Cl)c2)O1. The number of aliphatic hydroxyl groups excluding tert-OH is 1. The first-order valence-corrected chi connectivity index (χ1v) is 8.20. The molecule has 0 aromatic heterocycles. The average molecular weight is 360 g/mol. The zero-order chi connectivity index (χ0) is 18.1. The second-order valence-electron chi connectivity index (χ2n) is 7.22. The third-order valence-corrected chi connectivity index (χ3v) is 4.61. The maximum Gasteiger partial charge on any atom is 0.407 e. The summed E-state index contributed by atoms with van der Waals surface area (Å²) in [6.45, 7) is 5.99. The standard InChI is InChI=1S/C17H23ClFNO4/c1-17(2,3)14-8-20(16(22)23)7-11(9-21)15(24-14)10-4-5-13(19)12(18)6-10/h4-6,11,14-15,21H,7-9H2,1-3H3,(H,22,23)/t11-,14?,15-/m0/s1. The van der Waals surface area contributed by atoms with Gasteiger partial charge in [-0.3, -0.25) is 0 Å². The molecule has 1 aliphatic heterocycles. The molecule has 0 aliphatic carbocycles. The van der Waals surface area contributed by atoms with Gasteiger partial charge in [-0.1, -0.05) is 38.4 Å². The van der Waals surface area contributed by atoms with E-state index in [0.29, 0.717) is 5.56 Å². The van der Waals surface area contributed by atoms with Gasteiger partial charge >= 0.3 is 6.09 Å².